The second-order valence-corrected chi connectivity index (χ2v) is 5.01. The van der Waals surface area contributed by atoms with Gasteiger partial charge in [-0.2, -0.15) is 0 Å². The van der Waals surface area contributed by atoms with Crippen molar-refractivity contribution in [3.8, 4) is 0 Å². The molecule has 0 radical (unpaired) electrons. The first-order valence-electron chi connectivity index (χ1n) is 6.46. The van der Waals surface area contributed by atoms with Crippen molar-refractivity contribution in [3.05, 3.63) is 0 Å². The zero-order chi connectivity index (χ0) is 11.5. The monoisotopic (exact) mass is 225 g/mol. The van der Waals surface area contributed by atoms with Gasteiger partial charge in [0.05, 0.1) is 0 Å². The molecule has 0 aromatic carbocycles. The molecule has 2 rings (SSSR count). The molecule has 1 aliphatic carbocycles. The Hall–Kier alpha value is -0.610. The Morgan fingerprint density at radius 3 is 2.75 bits per heavy atom. The smallest absolute Gasteiger partial charge is 0.223 e. The van der Waals surface area contributed by atoms with E-state index in [1.165, 1.54) is 12.8 Å². The summed E-state index contributed by atoms with van der Waals surface area (Å²) in [5.41, 5.74) is 5.61. The van der Waals surface area contributed by atoms with Gasteiger partial charge in [-0.1, -0.05) is 6.92 Å². The van der Waals surface area contributed by atoms with E-state index in [-0.39, 0.29) is 0 Å². The number of rotatable bonds is 6. The molecule has 0 aromatic heterocycles. The van der Waals surface area contributed by atoms with Crippen LogP contribution in [-0.2, 0) is 4.79 Å². The Balaban J connectivity index is 1.74. The minimum atomic E-state index is 0.294. The fraction of sp³-hybridized carbons (Fsp3) is 0.917. The molecule has 1 atom stereocenters. The molecule has 0 spiro atoms. The third-order valence-electron chi connectivity index (χ3n) is 3.75. The number of nitrogens with two attached hydrogens (primary N) is 1. The molecule has 2 fully saturated rings. The number of hydrogen-bond acceptors (Lipinski definition) is 3. The first-order chi connectivity index (χ1) is 7.74. The minimum Gasteiger partial charge on any atom is -0.341 e. The Labute approximate surface area is 97.8 Å². The van der Waals surface area contributed by atoms with Crippen molar-refractivity contribution in [2.75, 3.05) is 32.7 Å². The third-order valence-corrected chi connectivity index (χ3v) is 3.75. The highest BCUT2D eigenvalue weighted by atomic mass is 16.2. The average molecular weight is 225 g/mol. The standard InChI is InChI=1S/C12H23N3O/c1-2-14(11-3-4-11)5-6-15-9-10(8-13)7-12(15)16/h10-11H,2-9,13H2,1H3. The second kappa shape index (κ2) is 5.15. The number of amides is 1. The van der Waals surface area contributed by atoms with Crippen molar-refractivity contribution in [2.45, 2.75) is 32.2 Å². The number of nitrogens with zero attached hydrogens (tertiary/aromatic N) is 2. The van der Waals surface area contributed by atoms with Gasteiger partial charge in [0, 0.05) is 32.1 Å². The molecule has 1 amide bonds. The Bertz CT molecular complexity index is 253. The number of likely N-dealkylation sites (tertiary alicyclic amines) is 1. The van der Waals surface area contributed by atoms with Crippen LogP contribution in [-0.4, -0.2) is 54.5 Å². The lowest BCUT2D eigenvalue weighted by atomic mass is 10.1. The van der Waals surface area contributed by atoms with Gasteiger partial charge in [-0.3, -0.25) is 9.69 Å². The van der Waals surface area contributed by atoms with Gasteiger partial charge >= 0.3 is 0 Å². The fourth-order valence-electron chi connectivity index (χ4n) is 2.52. The zero-order valence-electron chi connectivity index (χ0n) is 10.2. The van der Waals surface area contributed by atoms with E-state index in [1.807, 2.05) is 4.90 Å². The van der Waals surface area contributed by atoms with Crippen LogP contribution in [0.25, 0.3) is 0 Å². The van der Waals surface area contributed by atoms with Crippen LogP contribution in [0.15, 0.2) is 0 Å². The summed E-state index contributed by atoms with van der Waals surface area (Å²) in [4.78, 5) is 16.2. The Morgan fingerprint density at radius 2 is 2.25 bits per heavy atom. The van der Waals surface area contributed by atoms with E-state index in [1.54, 1.807) is 0 Å². The molecular formula is C12H23N3O. The van der Waals surface area contributed by atoms with Crippen LogP contribution >= 0.6 is 0 Å². The van der Waals surface area contributed by atoms with Crippen molar-refractivity contribution >= 4 is 5.91 Å². The summed E-state index contributed by atoms with van der Waals surface area (Å²) in [7, 11) is 0. The highest BCUT2D eigenvalue weighted by Gasteiger charge is 2.31. The number of likely N-dealkylation sites (N-methyl/N-ethyl adjacent to an activating group) is 1. The molecule has 1 unspecified atom stereocenters. The molecule has 1 aliphatic heterocycles. The van der Waals surface area contributed by atoms with E-state index in [0.717, 1.165) is 32.2 Å². The molecule has 0 aromatic rings. The van der Waals surface area contributed by atoms with Gasteiger partial charge in [0.2, 0.25) is 5.91 Å². The lowest BCUT2D eigenvalue weighted by Crippen LogP contribution is -2.37. The van der Waals surface area contributed by atoms with Crippen molar-refractivity contribution in [2.24, 2.45) is 11.7 Å². The lowest BCUT2D eigenvalue weighted by Gasteiger charge is -2.24. The second-order valence-electron chi connectivity index (χ2n) is 5.01. The van der Waals surface area contributed by atoms with Crippen LogP contribution in [0.3, 0.4) is 0 Å². The van der Waals surface area contributed by atoms with Crippen molar-refractivity contribution < 1.29 is 4.79 Å². The summed E-state index contributed by atoms with van der Waals surface area (Å²) in [6.07, 6.45) is 3.34. The van der Waals surface area contributed by atoms with Gasteiger partial charge < -0.3 is 10.6 Å². The number of carbonyl (C=O) groups is 1. The van der Waals surface area contributed by atoms with Crippen LogP contribution in [0.1, 0.15) is 26.2 Å². The molecule has 2 aliphatic rings. The number of hydrogen-bond donors (Lipinski definition) is 1. The normalized spacial score (nSPS) is 25.8. The van der Waals surface area contributed by atoms with E-state index in [9.17, 15) is 4.79 Å². The van der Waals surface area contributed by atoms with E-state index in [2.05, 4.69) is 11.8 Å². The first kappa shape index (κ1) is 11.9. The van der Waals surface area contributed by atoms with E-state index < -0.39 is 0 Å². The summed E-state index contributed by atoms with van der Waals surface area (Å²) in [6.45, 7) is 6.74. The Kier molecular flexibility index (Phi) is 3.82. The summed E-state index contributed by atoms with van der Waals surface area (Å²) < 4.78 is 0. The molecule has 1 saturated carbocycles. The lowest BCUT2D eigenvalue weighted by molar-refractivity contribution is -0.127. The van der Waals surface area contributed by atoms with Crippen LogP contribution in [0, 0.1) is 5.92 Å². The number of carbonyl (C=O) groups excluding carboxylic acids is 1. The zero-order valence-corrected chi connectivity index (χ0v) is 10.2. The molecular weight excluding hydrogens is 202 g/mol. The average Bonchev–Trinajstić information content (AvgIpc) is 3.05. The van der Waals surface area contributed by atoms with Gasteiger partial charge in [0.15, 0.2) is 0 Å². The minimum absolute atomic E-state index is 0.294. The van der Waals surface area contributed by atoms with Crippen LogP contribution in [0.5, 0.6) is 0 Å². The van der Waals surface area contributed by atoms with Crippen LogP contribution < -0.4 is 5.73 Å². The molecule has 4 heteroatoms. The maximum Gasteiger partial charge on any atom is 0.223 e. The van der Waals surface area contributed by atoms with Crippen LogP contribution in [0.4, 0.5) is 0 Å². The Morgan fingerprint density at radius 1 is 1.50 bits per heavy atom. The van der Waals surface area contributed by atoms with E-state index in [0.29, 0.717) is 24.8 Å². The van der Waals surface area contributed by atoms with E-state index in [4.69, 9.17) is 5.73 Å². The quantitative estimate of drug-likeness (QED) is 0.706. The van der Waals surface area contributed by atoms with Crippen molar-refractivity contribution in [1.29, 1.82) is 0 Å². The molecule has 0 bridgehead atoms. The SMILES string of the molecule is CCN(CCN1CC(CN)CC1=O)C1CC1. The van der Waals surface area contributed by atoms with Gasteiger partial charge in [0.1, 0.15) is 0 Å². The molecule has 2 N–H and O–H groups in total. The molecule has 4 nitrogen and oxygen atoms in total. The first-order valence-corrected chi connectivity index (χ1v) is 6.46. The van der Waals surface area contributed by atoms with Gasteiger partial charge in [-0.15, -0.1) is 0 Å². The summed E-state index contributed by atoms with van der Waals surface area (Å²) in [5.74, 6) is 0.686. The topological polar surface area (TPSA) is 49.6 Å². The molecule has 1 saturated heterocycles. The fourth-order valence-corrected chi connectivity index (χ4v) is 2.52. The summed E-state index contributed by atoms with van der Waals surface area (Å²) in [5, 5.41) is 0. The predicted molar refractivity (Wildman–Crippen MR) is 64.0 cm³/mol. The third kappa shape index (κ3) is 2.74. The molecule has 92 valence electrons. The van der Waals surface area contributed by atoms with Crippen molar-refractivity contribution in [1.82, 2.24) is 9.80 Å². The van der Waals surface area contributed by atoms with E-state index >= 15 is 0 Å². The summed E-state index contributed by atoms with van der Waals surface area (Å²) >= 11 is 0. The predicted octanol–water partition coefficient (Wildman–Crippen LogP) is 0.278. The highest BCUT2D eigenvalue weighted by molar-refractivity contribution is 5.78. The molecule has 16 heavy (non-hydrogen) atoms. The van der Waals surface area contributed by atoms with Gasteiger partial charge in [-0.05, 0) is 31.8 Å². The van der Waals surface area contributed by atoms with Gasteiger partial charge in [0.25, 0.3) is 0 Å². The molecule has 1 heterocycles. The maximum atomic E-state index is 11.7. The largest absolute Gasteiger partial charge is 0.341 e. The van der Waals surface area contributed by atoms with Gasteiger partial charge in [-0.25, -0.2) is 0 Å². The summed E-state index contributed by atoms with van der Waals surface area (Å²) in [6, 6.07) is 0.799. The highest BCUT2D eigenvalue weighted by Crippen LogP contribution is 2.26. The maximum absolute atomic E-state index is 11.7. The van der Waals surface area contributed by atoms with Crippen LogP contribution in [0.2, 0.25) is 0 Å². The van der Waals surface area contributed by atoms with Crippen molar-refractivity contribution in [3.63, 3.8) is 0 Å².